The van der Waals surface area contributed by atoms with Crippen molar-refractivity contribution < 1.29 is 9.16 Å². The summed E-state index contributed by atoms with van der Waals surface area (Å²) in [4.78, 5) is 0. The van der Waals surface area contributed by atoms with E-state index in [0.29, 0.717) is 18.6 Å². The average Bonchev–Trinajstić information content (AvgIpc) is 2.67. The van der Waals surface area contributed by atoms with Crippen molar-refractivity contribution in [2.24, 2.45) is 0 Å². The maximum atomic E-state index is 6.67. The van der Waals surface area contributed by atoms with Gasteiger partial charge >= 0.3 is 0 Å². The molecule has 1 fully saturated rings. The first-order valence-corrected chi connectivity index (χ1v) is 13.6. The van der Waals surface area contributed by atoms with Crippen LogP contribution in [0.1, 0.15) is 63.5 Å². The summed E-state index contributed by atoms with van der Waals surface area (Å²) in [5.74, 6) is 1.62. The Morgan fingerprint density at radius 3 is 2.11 bits per heavy atom. The van der Waals surface area contributed by atoms with Gasteiger partial charge in [0, 0.05) is 6.10 Å². The van der Waals surface area contributed by atoms with E-state index in [-0.39, 0.29) is 5.04 Å². The van der Waals surface area contributed by atoms with E-state index in [9.17, 15) is 0 Å². The third kappa shape index (κ3) is 5.27. The highest BCUT2D eigenvalue weighted by atomic mass is 28.4. The Bertz CT molecular complexity index is 741. The molecule has 0 bridgehead atoms. The molecule has 1 aliphatic carbocycles. The lowest BCUT2D eigenvalue weighted by Gasteiger charge is -2.41. The molecule has 0 radical (unpaired) electrons. The van der Waals surface area contributed by atoms with Gasteiger partial charge < -0.3 is 9.16 Å². The second-order valence-corrected chi connectivity index (χ2v) is 14.4. The maximum Gasteiger partial charge on any atom is 0.192 e. The summed E-state index contributed by atoms with van der Waals surface area (Å²) in [7, 11) is -1.68. The smallest absolute Gasteiger partial charge is 0.192 e. The van der Waals surface area contributed by atoms with Crippen LogP contribution in [-0.2, 0) is 11.0 Å². The van der Waals surface area contributed by atoms with Crippen LogP contribution in [0.4, 0.5) is 0 Å². The number of rotatable bonds is 6. The Morgan fingerprint density at radius 2 is 1.46 bits per heavy atom. The summed E-state index contributed by atoms with van der Waals surface area (Å²) >= 11 is 0. The molecule has 0 saturated heterocycles. The molecule has 3 heteroatoms. The van der Waals surface area contributed by atoms with Crippen molar-refractivity contribution in [3.63, 3.8) is 0 Å². The van der Waals surface area contributed by atoms with E-state index in [2.05, 4.69) is 82.4 Å². The molecule has 2 aromatic carbocycles. The fourth-order valence-electron chi connectivity index (χ4n) is 3.77. The molecule has 0 aromatic heterocycles. The summed E-state index contributed by atoms with van der Waals surface area (Å²) in [5, 5.41) is 0.279. The zero-order valence-electron chi connectivity index (χ0n) is 18.2. The highest BCUT2D eigenvalue weighted by molar-refractivity contribution is 6.74. The highest BCUT2D eigenvalue weighted by Gasteiger charge is 2.40. The van der Waals surface area contributed by atoms with E-state index in [1.165, 1.54) is 24.0 Å². The molecule has 0 atom stereocenters. The topological polar surface area (TPSA) is 18.5 Å². The van der Waals surface area contributed by atoms with E-state index >= 15 is 0 Å². The minimum absolute atomic E-state index is 0.279. The molecule has 0 heterocycles. The van der Waals surface area contributed by atoms with Crippen LogP contribution in [0.15, 0.2) is 54.6 Å². The zero-order valence-corrected chi connectivity index (χ0v) is 19.2. The lowest BCUT2D eigenvalue weighted by molar-refractivity contribution is 0.129. The zero-order chi connectivity index (χ0) is 20.2. The van der Waals surface area contributed by atoms with Gasteiger partial charge in [-0.3, -0.25) is 0 Å². The largest absolute Gasteiger partial charge is 0.489 e. The van der Waals surface area contributed by atoms with Crippen molar-refractivity contribution in [2.75, 3.05) is 0 Å². The minimum atomic E-state index is -1.68. The first kappa shape index (κ1) is 21.1. The summed E-state index contributed by atoms with van der Waals surface area (Å²) in [6, 6.07) is 19.0. The quantitative estimate of drug-likeness (QED) is 0.476. The summed E-state index contributed by atoms with van der Waals surface area (Å²) in [6.07, 6.45) is 5.11. The van der Waals surface area contributed by atoms with Gasteiger partial charge in [-0.1, -0.05) is 69.3 Å². The van der Waals surface area contributed by atoms with Crippen molar-refractivity contribution in [3.8, 4) is 5.75 Å². The number of ether oxygens (including phenoxy) is 1. The molecule has 2 aromatic rings. The molecule has 0 unspecified atom stereocenters. The Balaban J connectivity index is 1.60. The monoisotopic (exact) mass is 396 g/mol. The third-order valence-electron chi connectivity index (χ3n) is 6.54. The lowest BCUT2D eigenvalue weighted by Crippen LogP contribution is -2.44. The van der Waals surface area contributed by atoms with E-state index < -0.39 is 8.32 Å². The molecular formula is C25H36O2Si. The van der Waals surface area contributed by atoms with Crippen molar-refractivity contribution in [3.05, 3.63) is 65.7 Å². The number of hydrogen-bond acceptors (Lipinski definition) is 2. The first-order chi connectivity index (χ1) is 13.3. The van der Waals surface area contributed by atoms with E-state index in [4.69, 9.17) is 9.16 Å². The Hall–Kier alpha value is -1.58. The number of para-hydroxylation sites is 1. The average molecular weight is 397 g/mol. The van der Waals surface area contributed by atoms with E-state index in [1.54, 1.807) is 0 Å². The Morgan fingerprint density at radius 1 is 0.857 bits per heavy atom. The molecule has 3 rings (SSSR count). The van der Waals surface area contributed by atoms with Gasteiger partial charge in [0.2, 0.25) is 0 Å². The molecular weight excluding hydrogens is 360 g/mol. The Kier molecular flexibility index (Phi) is 6.67. The van der Waals surface area contributed by atoms with E-state index in [0.717, 1.165) is 18.6 Å². The predicted octanol–water partition coefficient (Wildman–Crippen LogP) is 7.31. The van der Waals surface area contributed by atoms with Crippen molar-refractivity contribution in [1.82, 2.24) is 0 Å². The second-order valence-electron chi connectivity index (χ2n) is 9.66. The van der Waals surface area contributed by atoms with Gasteiger partial charge in [0.25, 0.3) is 0 Å². The second kappa shape index (κ2) is 8.83. The lowest BCUT2D eigenvalue weighted by atomic mass is 9.82. The number of benzene rings is 2. The summed E-state index contributed by atoms with van der Waals surface area (Å²) in [5.41, 5.74) is 2.58. The van der Waals surface area contributed by atoms with Gasteiger partial charge in [0.1, 0.15) is 12.4 Å². The van der Waals surface area contributed by atoms with Gasteiger partial charge in [0.05, 0.1) is 0 Å². The van der Waals surface area contributed by atoms with Crippen LogP contribution in [0.25, 0.3) is 0 Å². The van der Waals surface area contributed by atoms with Gasteiger partial charge in [0.15, 0.2) is 8.32 Å². The highest BCUT2D eigenvalue weighted by Crippen LogP contribution is 2.42. The number of hydrogen-bond donors (Lipinski definition) is 0. The van der Waals surface area contributed by atoms with Gasteiger partial charge in [-0.2, -0.15) is 0 Å². The van der Waals surface area contributed by atoms with Gasteiger partial charge in [-0.25, -0.2) is 0 Å². The molecule has 1 saturated carbocycles. The van der Waals surface area contributed by atoms with E-state index in [1.807, 2.05) is 6.07 Å². The van der Waals surface area contributed by atoms with Crippen molar-refractivity contribution in [1.29, 1.82) is 0 Å². The molecule has 28 heavy (non-hydrogen) atoms. The maximum absolute atomic E-state index is 6.67. The molecule has 0 N–H and O–H groups in total. The SMILES string of the molecule is CC(C)(C)[Si](C)(C)OC1CCC(c2ccccc2OCc2ccccc2)CC1. The predicted molar refractivity (Wildman–Crippen MR) is 120 cm³/mol. The Labute approximate surface area is 172 Å². The molecule has 152 valence electrons. The molecule has 0 amide bonds. The van der Waals surface area contributed by atoms with Crippen LogP contribution in [0.2, 0.25) is 18.1 Å². The van der Waals surface area contributed by atoms with Crippen molar-refractivity contribution in [2.45, 2.75) is 83.2 Å². The van der Waals surface area contributed by atoms with Crippen LogP contribution < -0.4 is 4.74 Å². The summed E-state index contributed by atoms with van der Waals surface area (Å²) in [6.45, 7) is 12.3. The van der Waals surface area contributed by atoms with Crippen LogP contribution in [0, 0.1) is 0 Å². The fourth-order valence-corrected chi connectivity index (χ4v) is 5.19. The van der Waals surface area contributed by atoms with Gasteiger partial charge in [-0.15, -0.1) is 0 Å². The normalized spacial score (nSPS) is 20.8. The first-order valence-electron chi connectivity index (χ1n) is 10.7. The third-order valence-corrected chi connectivity index (χ3v) is 11.1. The van der Waals surface area contributed by atoms with Crippen LogP contribution in [-0.4, -0.2) is 14.4 Å². The fraction of sp³-hybridized carbons (Fsp3) is 0.520. The molecule has 0 aliphatic heterocycles. The van der Waals surface area contributed by atoms with Crippen molar-refractivity contribution >= 4 is 8.32 Å². The molecule has 1 aliphatic rings. The summed E-state index contributed by atoms with van der Waals surface area (Å²) < 4.78 is 12.9. The molecule has 2 nitrogen and oxygen atoms in total. The standard InChI is InChI=1S/C25H36O2Si/c1-25(2,3)28(4,5)27-22-17-15-21(16-18-22)23-13-9-10-14-24(23)26-19-20-11-7-6-8-12-20/h6-14,21-22H,15-19H2,1-5H3. The molecule has 0 spiro atoms. The van der Waals surface area contributed by atoms with Crippen LogP contribution >= 0.6 is 0 Å². The van der Waals surface area contributed by atoms with Crippen LogP contribution in [0.5, 0.6) is 5.75 Å². The minimum Gasteiger partial charge on any atom is -0.489 e. The van der Waals surface area contributed by atoms with Crippen LogP contribution in [0.3, 0.4) is 0 Å². The van der Waals surface area contributed by atoms with Gasteiger partial charge in [-0.05, 0) is 66.9 Å².